The Morgan fingerprint density at radius 2 is 2.06 bits per heavy atom. The van der Waals surface area contributed by atoms with E-state index < -0.39 is 24.2 Å². The molecule has 10 heteroatoms. The number of hydrogen-bond donors (Lipinski definition) is 3. The Morgan fingerprint density at radius 1 is 1.29 bits per heavy atom. The molecule has 2 unspecified atom stereocenters. The van der Waals surface area contributed by atoms with Gasteiger partial charge in [0.25, 0.3) is 0 Å². The number of ether oxygens (including phenoxy) is 1. The summed E-state index contributed by atoms with van der Waals surface area (Å²) in [6, 6.07) is 5.05. The summed E-state index contributed by atoms with van der Waals surface area (Å²) >= 11 is 0. The van der Waals surface area contributed by atoms with Crippen LogP contribution in [0.4, 0.5) is 13.2 Å². The van der Waals surface area contributed by atoms with Crippen LogP contribution in [-0.2, 0) is 9.59 Å². The van der Waals surface area contributed by atoms with E-state index in [1.54, 1.807) is 22.5 Å². The van der Waals surface area contributed by atoms with E-state index in [1.165, 1.54) is 18.2 Å². The van der Waals surface area contributed by atoms with Crippen molar-refractivity contribution in [1.29, 1.82) is 0 Å². The van der Waals surface area contributed by atoms with E-state index in [1.807, 2.05) is 0 Å². The van der Waals surface area contributed by atoms with Crippen molar-refractivity contribution in [2.24, 2.45) is 11.3 Å². The number of nitrogens with one attached hydrogen (secondary N) is 2. The van der Waals surface area contributed by atoms with E-state index >= 15 is 0 Å². The summed E-state index contributed by atoms with van der Waals surface area (Å²) in [6.07, 6.45) is 0.0806. The van der Waals surface area contributed by atoms with Gasteiger partial charge in [0, 0.05) is 19.6 Å². The van der Waals surface area contributed by atoms with E-state index in [4.69, 9.17) is 5.21 Å². The third-order valence-corrected chi connectivity index (χ3v) is 6.38. The highest BCUT2D eigenvalue weighted by molar-refractivity contribution is 5.90. The Hall–Kier alpha value is -2.59. The van der Waals surface area contributed by atoms with Gasteiger partial charge in [0.15, 0.2) is 0 Å². The van der Waals surface area contributed by atoms with Crippen molar-refractivity contribution in [3.63, 3.8) is 0 Å². The van der Waals surface area contributed by atoms with Crippen LogP contribution in [-0.4, -0.2) is 54.0 Å². The highest BCUT2D eigenvalue weighted by Crippen LogP contribution is 2.52. The van der Waals surface area contributed by atoms with E-state index in [0.29, 0.717) is 31.5 Å². The molecule has 1 saturated carbocycles. The van der Waals surface area contributed by atoms with Crippen LogP contribution in [0.5, 0.6) is 5.75 Å². The van der Waals surface area contributed by atoms with Crippen molar-refractivity contribution in [2.75, 3.05) is 19.6 Å². The van der Waals surface area contributed by atoms with Gasteiger partial charge in [0.2, 0.25) is 11.8 Å². The second kappa shape index (κ2) is 8.16. The number of nitrogens with zero attached hydrogens (tertiary/aromatic N) is 1. The van der Waals surface area contributed by atoms with Crippen molar-refractivity contribution in [3.05, 3.63) is 35.9 Å². The second-order valence-electron chi connectivity index (χ2n) is 8.48. The first kappa shape index (κ1) is 21.6. The van der Waals surface area contributed by atoms with Crippen LogP contribution < -0.4 is 15.5 Å². The van der Waals surface area contributed by atoms with Crippen LogP contribution in [0.2, 0.25) is 0 Å². The normalized spacial score (nSPS) is 25.0. The fourth-order valence-corrected chi connectivity index (χ4v) is 4.49. The van der Waals surface area contributed by atoms with Gasteiger partial charge < -0.3 is 15.0 Å². The van der Waals surface area contributed by atoms with Crippen LogP contribution in [0.25, 0.3) is 5.57 Å². The highest BCUT2D eigenvalue weighted by Gasteiger charge is 2.52. The molecular formula is C21H24F3N3O4. The van der Waals surface area contributed by atoms with E-state index in [9.17, 15) is 22.8 Å². The van der Waals surface area contributed by atoms with Gasteiger partial charge in [-0.2, -0.15) is 0 Å². The Morgan fingerprint density at radius 3 is 2.68 bits per heavy atom. The molecule has 31 heavy (non-hydrogen) atoms. The zero-order valence-corrected chi connectivity index (χ0v) is 16.7. The lowest BCUT2D eigenvalue weighted by Gasteiger charge is -2.38. The zero-order valence-electron chi connectivity index (χ0n) is 16.7. The number of carbonyl (C=O) groups is 2. The molecule has 1 saturated heterocycles. The second-order valence-corrected chi connectivity index (χ2v) is 8.48. The van der Waals surface area contributed by atoms with E-state index in [2.05, 4.69) is 10.1 Å². The zero-order chi connectivity index (χ0) is 22.2. The predicted molar refractivity (Wildman–Crippen MR) is 104 cm³/mol. The number of piperidine rings is 1. The number of benzene rings is 1. The number of hydrogen-bond acceptors (Lipinski definition) is 5. The minimum atomic E-state index is -4.76. The molecule has 2 aliphatic heterocycles. The fraction of sp³-hybridized carbons (Fsp3) is 0.524. The van der Waals surface area contributed by atoms with Crippen molar-refractivity contribution in [3.8, 4) is 5.75 Å². The predicted octanol–water partition coefficient (Wildman–Crippen LogP) is 2.46. The first-order valence-electron chi connectivity index (χ1n) is 10.2. The standard InChI is InChI=1S/C21H24F3N3O4/c22-21(23,24)31-15-3-1-2-14(10-15)13-4-8-27(9-5-13)19(29)17-16(18(28)26-30)11-20(6-7-20)12-25-17/h1-4,10,16-17,25,30H,5-9,11-12H2,(H,26,28). The smallest absolute Gasteiger partial charge is 0.406 e. The number of alkyl halides is 3. The van der Waals surface area contributed by atoms with Crippen LogP contribution in [0.15, 0.2) is 30.3 Å². The topological polar surface area (TPSA) is 90.9 Å². The monoisotopic (exact) mass is 439 g/mol. The highest BCUT2D eigenvalue weighted by atomic mass is 19.4. The van der Waals surface area contributed by atoms with Gasteiger partial charge in [-0.15, -0.1) is 13.2 Å². The Balaban J connectivity index is 1.43. The van der Waals surface area contributed by atoms with Gasteiger partial charge >= 0.3 is 6.36 Å². The molecule has 3 aliphatic rings. The van der Waals surface area contributed by atoms with Gasteiger partial charge in [0.05, 0.1) is 12.0 Å². The van der Waals surface area contributed by atoms with E-state index in [-0.39, 0.29) is 23.6 Å². The third kappa shape index (κ3) is 4.85. The van der Waals surface area contributed by atoms with Crippen LogP contribution in [0.3, 0.4) is 0 Å². The molecule has 0 radical (unpaired) electrons. The SMILES string of the molecule is O=C(NO)C1CC2(CC2)CNC1C(=O)N1CC=C(c2cccc(OC(F)(F)F)c2)CC1. The lowest BCUT2D eigenvalue weighted by atomic mass is 9.81. The largest absolute Gasteiger partial charge is 0.573 e. The molecule has 2 amide bonds. The minimum Gasteiger partial charge on any atom is -0.406 e. The average molecular weight is 439 g/mol. The van der Waals surface area contributed by atoms with Crippen molar-refractivity contribution in [1.82, 2.24) is 15.7 Å². The molecule has 2 heterocycles. The van der Waals surface area contributed by atoms with Crippen molar-refractivity contribution < 1.29 is 32.7 Å². The van der Waals surface area contributed by atoms with Crippen LogP contribution in [0.1, 0.15) is 31.2 Å². The summed E-state index contributed by atoms with van der Waals surface area (Å²) < 4.78 is 41.4. The quantitative estimate of drug-likeness (QED) is 0.495. The molecule has 4 rings (SSSR count). The van der Waals surface area contributed by atoms with Gasteiger partial charge in [0.1, 0.15) is 5.75 Å². The summed E-state index contributed by atoms with van der Waals surface area (Å²) in [5, 5.41) is 12.3. The molecule has 2 atom stereocenters. The van der Waals surface area contributed by atoms with Gasteiger partial charge in [-0.25, -0.2) is 5.48 Å². The van der Waals surface area contributed by atoms with Gasteiger partial charge in [-0.1, -0.05) is 18.2 Å². The van der Waals surface area contributed by atoms with Crippen LogP contribution in [0, 0.1) is 11.3 Å². The summed E-state index contributed by atoms with van der Waals surface area (Å²) in [4.78, 5) is 26.9. The van der Waals surface area contributed by atoms with Gasteiger partial charge in [-0.3, -0.25) is 14.8 Å². The summed E-state index contributed by atoms with van der Waals surface area (Å²) in [6.45, 7) is 1.33. The Bertz CT molecular complexity index is 898. The Kier molecular flexibility index (Phi) is 5.69. The van der Waals surface area contributed by atoms with Crippen molar-refractivity contribution in [2.45, 2.75) is 38.1 Å². The molecule has 7 nitrogen and oxygen atoms in total. The number of halogens is 3. The molecule has 0 bridgehead atoms. The lowest BCUT2D eigenvalue weighted by Crippen LogP contribution is -2.59. The maximum absolute atomic E-state index is 13.1. The molecular weight excluding hydrogens is 415 g/mol. The summed E-state index contributed by atoms with van der Waals surface area (Å²) in [5.74, 6) is -1.71. The number of amides is 2. The van der Waals surface area contributed by atoms with E-state index in [0.717, 1.165) is 18.4 Å². The third-order valence-electron chi connectivity index (χ3n) is 6.38. The minimum absolute atomic E-state index is 0.0480. The first-order chi connectivity index (χ1) is 14.7. The number of carbonyl (C=O) groups excluding carboxylic acids is 2. The molecule has 1 spiro atoms. The van der Waals surface area contributed by atoms with Crippen LogP contribution >= 0.6 is 0 Å². The molecule has 1 aliphatic carbocycles. The molecule has 1 aromatic carbocycles. The Labute approximate surface area is 177 Å². The summed E-state index contributed by atoms with van der Waals surface area (Å²) in [7, 11) is 0. The molecule has 1 aromatic rings. The van der Waals surface area contributed by atoms with Gasteiger partial charge in [-0.05, 0) is 54.4 Å². The number of rotatable bonds is 4. The molecule has 0 aromatic heterocycles. The maximum atomic E-state index is 13.1. The number of hydroxylamine groups is 1. The molecule has 168 valence electrons. The lowest BCUT2D eigenvalue weighted by molar-refractivity contribution is -0.274. The fourth-order valence-electron chi connectivity index (χ4n) is 4.49. The molecule has 2 fully saturated rings. The average Bonchev–Trinajstić information content (AvgIpc) is 3.50. The summed E-state index contributed by atoms with van der Waals surface area (Å²) in [5.41, 5.74) is 3.17. The maximum Gasteiger partial charge on any atom is 0.573 e. The molecule has 3 N–H and O–H groups in total. The first-order valence-corrected chi connectivity index (χ1v) is 10.2. The van der Waals surface area contributed by atoms with Crippen molar-refractivity contribution >= 4 is 17.4 Å².